The quantitative estimate of drug-likeness (QED) is 0.606. The molecule has 1 atom stereocenters. The van der Waals surface area contributed by atoms with Crippen molar-refractivity contribution in [2.24, 2.45) is 0 Å². The first-order chi connectivity index (χ1) is 15.3. The third-order valence-corrected chi connectivity index (χ3v) is 6.34. The fourth-order valence-corrected chi connectivity index (χ4v) is 4.39. The SMILES string of the molecule is Cc1ccccc1N(CC(=O)N(CCc1ccccc1)[C@@H](C)C(=O)NC(C)(C)C)S(C)(=O)=O. The Kier molecular flexibility index (Phi) is 8.66. The van der Waals surface area contributed by atoms with E-state index in [0.29, 0.717) is 12.1 Å². The Morgan fingerprint density at radius 1 is 1.00 bits per heavy atom. The summed E-state index contributed by atoms with van der Waals surface area (Å²) in [5, 5.41) is 2.91. The molecule has 2 amide bonds. The van der Waals surface area contributed by atoms with Gasteiger partial charge in [0.25, 0.3) is 0 Å². The molecule has 2 aromatic carbocycles. The number of benzene rings is 2. The molecule has 0 aliphatic heterocycles. The Balaban J connectivity index is 2.33. The molecule has 2 rings (SSSR count). The first kappa shape index (κ1) is 26.4. The fourth-order valence-electron chi connectivity index (χ4n) is 3.48. The van der Waals surface area contributed by atoms with Crippen molar-refractivity contribution in [3.8, 4) is 0 Å². The van der Waals surface area contributed by atoms with Crippen LogP contribution < -0.4 is 9.62 Å². The molecule has 180 valence electrons. The molecule has 1 N–H and O–H groups in total. The van der Waals surface area contributed by atoms with Crippen molar-refractivity contribution in [3.05, 3.63) is 65.7 Å². The normalized spacial score (nSPS) is 12.7. The maximum absolute atomic E-state index is 13.5. The van der Waals surface area contributed by atoms with Gasteiger partial charge in [0.1, 0.15) is 12.6 Å². The molecule has 7 nitrogen and oxygen atoms in total. The number of carbonyl (C=O) groups is 2. The van der Waals surface area contributed by atoms with Crippen LogP contribution in [0.1, 0.15) is 38.8 Å². The Morgan fingerprint density at radius 2 is 1.58 bits per heavy atom. The highest BCUT2D eigenvalue weighted by atomic mass is 32.2. The zero-order valence-electron chi connectivity index (χ0n) is 20.3. The van der Waals surface area contributed by atoms with Crippen LogP contribution in [0.3, 0.4) is 0 Å². The van der Waals surface area contributed by atoms with Gasteiger partial charge in [-0.2, -0.15) is 0 Å². The third-order valence-electron chi connectivity index (χ3n) is 5.21. The van der Waals surface area contributed by atoms with E-state index in [1.165, 1.54) is 4.90 Å². The van der Waals surface area contributed by atoms with Crippen LogP contribution in [-0.4, -0.2) is 56.1 Å². The first-order valence-electron chi connectivity index (χ1n) is 11.0. The molecule has 0 saturated carbocycles. The first-order valence-corrected chi connectivity index (χ1v) is 12.8. The van der Waals surface area contributed by atoms with E-state index in [-0.39, 0.29) is 19.0 Å². The number of sulfonamides is 1. The zero-order valence-corrected chi connectivity index (χ0v) is 21.1. The Hall–Kier alpha value is -2.87. The summed E-state index contributed by atoms with van der Waals surface area (Å²) in [6.07, 6.45) is 1.62. The summed E-state index contributed by atoms with van der Waals surface area (Å²) >= 11 is 0. The predicted molar refractivity (Wildman–Crippen MR) is 133 cm³/mol. The van der Waals surface area contributed by atoms with Gasteiger partial charge >= 0.3 is 0 Å². The van der Waals surface area contributed by atoms with E-state index in [9.17, 15) is 18.0 Å². The van der Waals surface area contributed by atoms with Gasteiger partial charge in [-0.25, -0.2) is 8.42 Å². The van der Waals surface area contributed by atoms with Crippen LogP contribution in [0.2, 0.25) is 0 Å². The van der Waals surface area contributed by atoms with Crippen LogP contribution in [0.5, 0.6) is 0 Å². The van der Waals surface area contributed by atoms with Crippen LogP contribution in [0, 0.1) is 6.92 Å². The van der Waals surface area contributed by atoms with E-state index in [0.717, 1.165) is 21.7 Å². The maximum Gasteiger partial charge on any atom is 0.244 e. The highest BCUT2D eigenvalue weighted by Crippen LogP contribution is 2.22. The second-order valence-electron chi connectivity index (χ2n) is 9.29. The second kappa shape index (κ2) is 10.8. The van der Waals surface area contributed by atoms with Crippen molar-refractivity contribution in [2.45, 2.75) is 52.6 Å². The summed E-state index contributed by atoms with van der Waals surface area (Å²) in [7, 11) is -3.73. The van der Waals surface area contributed by atoms with E-state index in [2.05, 4.69) is 5.32 Å². The van der Waals surface area contributed by atoms with Gasteiger partial charge < -0.3 is 10.2 Å². The molecule has 8 heteroatoms. The lowest BCUT2D eigenvalue weighted by Gasteiger charge is -2.33. The van der Waals surface area contributed by atoms with Gasteiger partial charge in [0.05, 0.1) is 11.9 Å². The van der Waals surface area contributed by atoms with E-state index >= 15 is 0 Å². The number of hydrogen-bond donors (Lipinski definition) is 1. The van der Waals surface area contributed by atoms with Crippen LogP contribution >= 0.6 is 0 Å². The molecular formula is C25H35N3O4S. The van der Waals surface area contributed by atoms with Crippen molar-refractivity contribution in [2.75, 3.05) is 23.7 Å². The van der Waals surface area contributed by atoms with Crippen molar-refractivity contribution >= 4 is 27.5 Å². The second-order valence-corrected chi connectivity index (χ2v) is 11.2. The molecule has 0 spiro atoms. The molecular weight excluding hydrogens is 438 g/mol. The standard InChI is InChI=1S/C25H35N3O4S/c1-19-12-10-11-15-22(19)28(33(6,31)32)18-23(29)27(17-16-21-13-8-7-9-14-21)20(2)24(30)26-25(3,4)5/h7-15,20H,16-18H2,1-6H3,(H,26,30)/t20-/m0/s1. The topological polar surface area (TPSA) is 86.8 Å². The van der Waals surface area contributed by atoms with Gasteiger partial charge in [-0.1, -0.05) is 48.5 Å². The zero-order chi connectivity index (χ0) is 24.8. The minimum Gasteiger partial charge on any atom is -0.350 e. The molecule has 0 radical (unpaired) electrons. The average Bonchev–Trinajstić information content (AvgIpc) is 2.71. The molecule has 0 aliphatic carbocycles. The number of amides is 2. The average molecular weight is 474 g/mol. The van der Waals surface area contributed by atoms with E-state index in [1.807, 2.05) is 57.2 Å². The van der Waals surface area contributed by atoms with Gasteiger partial charge in [-0.3, -0.25) is 13.9 Å². The number of nitrogens with one attached hydrogen (secondary N) is 1. The molecule has 0 unspecified atom stereocenters. The summed E-state index contributed by atoms with van der Waals surface area (Å²) in [6, 6.07) is 15.9. The molecule has 0 fully saturated rings. The number of carbonyl (C=O) groups excluding carboxylic acids is 2. The molecule has 0 aliphatic rings. The minimum atomic E-state index is -3.73. The van der Waals surface area contributed by atoms with Gasteiger partial charge in [-0.05, 0) is 58.2 Å². The van der Waals surface area contributed by atoms with Gasteiger partial charge in [0.2, 0.25) is 21.8 Å². The number of anilines is 1. The molecule has 0 aromatic heterocycles. The van der Waals surface area contributed by atoms with E-state index < -0.39 is 27.5 Å². The van der Waals surface area contributed by atoms with Gasteiger partial charge in [0, 0.05) is 12.1 Å². The van der Waals surface area contributed by atoms with Crippen molar-refractivity contribution in [1.29, 1.82) is 0 Å². The Bertz CT molecular complexity index is 1060. The van der Waals surface area contributed by atoms with Crippen molar-refractivity contribution in [3.63, 3.8) is 0 Å². The molecule has 0 saturated heterocycles. The number of rotatable bonds is 9. The Labute approximate surface area is 197 Å². The minimum absolute atomic E-state index is 0.285. The third kappa shape index (κ3) is 7.89. The number of hydrogen-bond acceptors (Lipinski definition) is 4. The summed E-state index contributed by atoms with van der Waals surface area (Å²) in [6.45, 7) is 8.98. The lowest BCUT2D eigenvalue weighted by molar-refractivity contribution is -0.139. The van der Waals surface area contributed by atoms with Crippen LogP contribution in [0.15, 0.2) is 54.6 Å². The van der Waals surface area contributed by atoms with Crippen LogP contribution in [-0.2, 0) is 26.0 Å². The lowest BCUT2D eigenvalue weighted by Crippen LogP contribution is -2.55. The van der Waals surface area contributed by atoms with E-state index in [1.54, 1.807) is 32.0 Å². The highest BCUT2D eigenvalue weighted by molar-refractivity contribution is 7.92. The lowest BCUT2D eigenvalue weighted by atomic mass is 10.1. The Morgan fingerprint density at radius 3 is 2.12 bits per heavy atom. The van der Waals surface area contributed by atoms with Gasteiger partial charge in [-0.15, -0.1) is 0 Å². The summed E-state index contributed by atoms with van der Waals surface area (Å²) in [5.41, 5.74) is 1.75. The van der Waals surface area contributed by atoms with Crippen molar-refractivity contribution < 1.29 is 18.0 Å². The largest absolute Gasteiger partial charge is 0.350 e. The highest BCUT2D eigenvalue weighted by Gasteiger charge is 2.31. The summed E-state index contributed by atoms with van der Waals surface area (Å²) in [4.78, 5) is 27.8. The fraction of sp³-hybridized carbons (Fsp3) is 0.440. The summed E-state index contributed by atoms with van der Waals surface area (Å²) < 4.78 is 26.3. The van der Waals surface area contributed by atoms with Crippen LogP contribution in [0.4, 0.5) is 5.69 Å². The monoisotopic (exact) mass is 473 g/mol. The van der Waals surface area contributed by atoms with E-state index in [4.69, 9.17) is 0 Å². The number of para-hydroxylation sites is 1. The number of aryl methyl sites for hydroxylation is 1. The van der Waals surface area contributed by atoms with Gasteiger partial charge in [0.15, 0.2) is 0 Å². The summed E-state index contributed by atoms with van der Waals surface area (Å²) in [5.74, 6) is -0.720. The number of nitrogens with zero attached hydrogens (tertiary/aromatic N) is 2. The molecule has 0 bridgehead atoms. The smallest absolute Gasteiger partial charge is 0.244 e. The molecule has 2 aromatic rings. The molecule has 0 heterocycles. The maximum atomic E-state index is 13.5. The predicted octanol–water partition coefficient (Wildman–Crippen LogP) is 3.14. The molecule has 33 heavy (non-hydrogen) atoms. The van der Waals surface area contributed by atoms with Crippen LogP contribution in [0.25, 0.3) is 0 Å². The van der Waals surface area contributed by atoms with Crippen molar-refractivity contribution in [1.82, 2.24) is 10.2 Å².